The molecule has 11 nitrogen and oxygen atoms in total. The molecule has 6 heterocycles. The predicted molar refractivity (Wildman–Crippen MR) is 146 cm³/mol. The van der Waals surface area contributed by atoms with Crippen molar-refractivity contribution in [1.82, 2.24) is 49.6 Å². The SMILES string of the molecule is Nc1ncccc1-c1nc2ccc(-n3cccn3)nc2n1-c1ccc2c(c1)CC[C@@H]2n1cc(C2CNC2)nn1. The molecule has 39 heavy (non-hydrogen) atoms. The minimum Gasteiger partial charge on any atom is -0.383 e. The summed E-state index contributed by atoms with van der Waals surface area (Å²) in [4.78, 5) is 14.2. The fraction of sp³-hybridized carbons (Fsp3) is 0.214. The van der Waals surface area contributed by atoms with Crippen molar-refractivity contribution in [3.05, 3.63) is 90.1 Å². The van der Waals surface area contributed by atoms with E-state index < -0.39 is 0 Å². The van der Waals surface area contributed by atoms with Crippen LogP contribution in [0.15, 0.2) is 73.3 Å². The minimum absolute atomic E-state index is 0.181. The molecule has 192 valence electrons. The molecule has 5 aromatic heterocycles. The van der Waals surface area contributed by atoms with Crippen molar-refractivity contribution in [2.45, 2.75) is 24.8 Å². The molecule has 1 aliphatic heterocycles. The number of nitrogen functional groups attached to an aromatic ring is 1. The van der Waals surface area contributed by atoms with Gasteiger partial charge in [-0.05, 0) is 66.4 Å². The number of nitrogens with zero attached hydrogens (tertiary/aromatic N) is 9. The summed E-state index contributed by atoms with van der Waals surface area (Å²) in [6, 6.07) is 16.3. The number of imidazole rings is 1. The summed E-state index contributed by atoms with van der Waals surface area (Å²) in [5.74, 6) is 2.30. The zero-order valence-electron chi connectivity index (χ0n) is 21.0. The van der Waals surface area contributed by atoms with Gasteiger partial charge in [0.05, 0.1) is 17.3 Å². The summed E-state index contributed by atoms with van der Waals surface area (Å²) in [6.45, 7) is 1.95. The molecule has 11 heteroatoms. The highest BCUT2D eigenvalue weighted by atomic mass is 15.4. The zero-order chi connectivity index (χ0) is 25.9. The van der Waals surface area contributed by atoms with E-state index in [2.05, 4.69) is 54.7 Å². The van der Waals surface area contributed by atoms with Gasteiger partial charge in [-0.2, -0.15) is 5.10 Å². The highest BCUT2D eigenvalue weighted by Gasteiger charge is 2.29. The smallest absolute Gasteiger partial charge is 0.167 e. The van der Waals surface area contributed by atoms with Gasteiger partial charge in [0.25, 0.3) is 0 Å². The van der Waals surface area contributed by atoms with Crippen LogP contribution in [0.4, 0.5) is 5.82 Å². The second kappa shape index (κ2) is 8.57. The fourth-order valence-electron chi connectivity index (χ4n) is 5.63. The molecule has 1 saturated heterocycles. The third-order valence-corrected chi connectivity index (χ3v) is 7.79. The Bertz CT molecular complexity index is 1830. The quantitative estimate of drug-likeness (QED) is 0.358. The van der Waals surface area contributed by atoms with Crippen LogP contribution in [0.5, 0.6) is 0 Å². The molecule has 0 spiro atoms. The van der Waals surface area contributed by atoms with Crippen LogP contribution in [0.1, 0.15) is 35.2 Å². The molecule has 1 aliphatic carbocycles. The number of hydrogen-bond donors (Lipinski definition) is 2. The molecular weight excluding hydrogens is 490 g/mol. The standard InChI is InChI=1S/C28H25N11/c29-26-21(3-1-10-31-26)27-33-22-7-9-25(37-12-2-11-32-37)34-28(22)39(27)19-5-6-20-17(13-19)4-8-24(20)38-16-23(35-36-38)18-14-30-15-18/h1-3,5-7,9-13,16,18,24,30H,4,8,14-15H2,(H2,29,31)/t24-/m0/s1. The van der Waals surface area contributed by atoms with E-state index in [0.29, 0.717) is 23.4 Å². The normalized spacial score (nSPS) is 17.0. The van der Waals surface area contributed by atoms with Crippen molar-refractivity contribution < 1.29 is 0 Å². The molecule has 6 aromatic rings. The maximum Gasteiger partial charge on any atom is 0.167 e. The van der Waals surface area contributed by atoms with E-state index in [9.17, 15) is 0 Å². The minimum atomic E-state index is 0.181. The predicted octanol–water partition coefficient (Wildman–Crippen LogP) is 3.06. The molecule has 2 aliphatic rings. The number of nitrogens with one attached hydrogen (secondary N) is 1. The summed E-state index contributed by atoms with van der Waals surface area (Å²) in [6.07, 6.45) is 9.36. The molecule has 0 unspecified atom stereocenters. The van der Waals surface area contributed by atoms with Gasteiger partial charge in [0, 0.05) is 49.5 Å². The van der Waals surface area contributed by atoms with E-state index >= 15 is 0 Å². The van der Waals surface area contributed by atoms with Gasteiger partial charge in [-0.1, -0.05) is 11.3 Å². The average Bonchev–Trinajstić information content (AvgIpc) is 3.73. The van der Waals surface area contributed by atoms with E-state index in [1.165, 1.54) is 11.1 Å². The van der Waals surface area contributed by atoms with E-state index in [4.69, 9.17) is 15.7 Å². The van der Waals surface area contributed by atoms with E-state index in [-0.39, 0.29) is 6.04 Å². The lowest BCUT2D eigenvalue weighted by molar-refractivity contribution is 0.439. The Morgan fingerprint density at radius 1 is 1.00 bits per heavy atom. The van der Waals surface area contributed by atoms with Crippen molar-refractivity contribution in [2.24, 2.45) is 0 Å². The molecule has 0 radical (unpaired) electrons. The Morgan fingerprint density at radius 2 is 1.95 bits per heavy atom. The van der Waals surface area contributed by atoms with Crippen molar-refractivity contribution in [3.8, 4) is 22.9 Å². The van der Waals surface area contributed by atoms with Gasteiger partial charge in [-0.3, -0.25) is 4.57 Å². The number of fused-ring (bicyclic) bond motifs is 2. The molecular formula is C28H25N11. The van der Waals surface area contributed by atoms with E-state index in [0.717, 1.165) is 54.0 Å². The van der Waals surface area contributed by atoms with E-state index in [1.807, 2.05) is 41.2 Å². The maximum absolute atomic E-state index is 6.32. The van der Waals surface area contributed by atoms with Gasteiger partial charge in [0.1, 0.15) is 11.3 Å². The zero-order valence-corrected chi connectivity index (χ0v) is 21.0. The van der Waals surface area contributed by atoms with Crippen LogP contribution in [0, 0.1) is 0 Å². The van der Waals surface area contributed by atoms with Crippen molar-refractivity contribution in [1.29, 1.82) is 0 Å². The molecule has 0 saturated carbocycles. The topological polar surface area (TPSA) is 130 Å². The van der Waals surface area contributed by atoms with Gasteiger partial charge in [0.2, 0.25) is 0 Å². The molecule has 1 atom stereocenters. The van der Waals surface area contributed by atoms with Crippen LogP contribution < -0.4 is 11.1 Å². The third kappa shape index (κ3) is 3.54. The Morgan fingerprint density at radius 3 is 2.77 bits per heavy atom. The first-order valence-corrected chi connectivity index (χ1v) is 13.1. The highest BCUT2D eigenvalue weighted by molar-refractivity contribution is 5.83. The number of nitrogens with two attached hydrogens (primary N) is 1. The lowest BCUT2D eigenvalue weighted by Crippen LogP contribution is -2.40. The number of hydrogen-bond acceptors (Lipinski definition) is 8. The third-order valence-electron chi connectivity index (χ3n) is 7.79. The largest absolute Gasteiger partial charge is 0.383 e. The molecule has 1 fully saturated rings. The Hall–Kier alpha value is -4.90. The first-order valence-electron chi connectivity index (χ1n) is 13.1. The van der Waals surface area contributed by atoms with Gasteiger partial charge < -0.3 is 11.1 Å². The first-order chi connectivity index (χ1) is 19.2. The number of aromatic nitrogens is 9. The molecule has 8 rings (SSSR count). The van der Waals surface area contributed by atoms with Crippen LogP contribution in [0.2, 0.25) is 0 Å². The van der Waals surface area contributed by atoms with Crippen LogP contribution in [0.25, 0.3) is 34.1 Å². The number of rotatable bonds is 5. The fourth-order valence-corrected chi connectivity index (χ4v) is 5.63. The number of benzene rings is 1. The lowest BCUT2D eigenvalue weighted by Gasteiger charge is -2.24. The summed E-state index contributed by atoms with van der Waals surface area (Å²) >= 11 is 0. The second-order valence-corrected chi connectivity index (χ2v) is 10.1. The monoisotopic (exact) mass is 515 g/mol. The van der Waals surface area contributed by atoms with Crippen LogP contribution >= 0.6 is 0 Å². The Kier molecular flexibility index (Phi) is 4.86. The molecule has 1 aromatic carbocycles. The van der Waals surface area contributed by atoms with Crippen molar-refractivity contribution >= 4 is 17.0 Å². The van der Waals surface area contributed by atoms with Crippen LogP contribution in [-0.4, -0.2) is 57.4 Å². The number of pyridine rings is 2. The van der Waals surface area contributed by atoms with Gasteiger partial charge >= 0.3 is 0 Å². The van der Waals surface area contributed by atoms with Gasteiger partial charge in [0.15, 0.2) is 17.3 Å². The summed E-state index contributed by atoms with van der Waals surface area (Å²) in [5, 5.41) is 16.6. The Balaban J connectivity index is 1.25. The lowest BCUT2D eigenvalue weighted by atomic mass is 10.0. The van der Waals surface area contributed by atoms with Gasteiger partial charge in [-0.15, -0.1) is 5.10 Å². The molecule has 0 amide bonds. The molecule has 0 bridgehead atoms. The van der Waals surface area contributed by atoms with Crippen LogP contribution in [-0.2, 0) is 6.42 Å². The summed E-state index contributed by atoms with van der Waals surface area (Å²) in [5.41, 5.74) is 13.2. The molecule has 3 N–H and O–H groups in total. The van der Waals surface area contributed by atoms with Gasteiger partial charge in [-0.25, -0.2) is 24.3 Å². The highest BCUT2D eigenvalue weighted by Crippen LogP contribution is 2.37. The Labute approximate surface area is 223 Å². The van der Waals surface area contributed by atoms with E-state index in [1.54, 1.807) is 17.1 Å². The average molecular weight is 516 g/mol. The number of aryl methyl sites for hydroxylation is 1. The van der Waals surface area contributed by atoms with Crippen LogP contribution in [0.3, 0.4) is 0 Å². The number of anilines is 1. The maximum atomic E-state index is 6.32. The second-order valence-electron chi connectivity index (χ2n) is 10.1. The summed E-state index contributed by atoms with van der Waals surface area (Å²) in [7, 11) is 0. The first kappa shape index (κ1) is 22.1. The summed E-state index contributed by atoms with van der Waals surface area (Å²) < 4.78 is 5.85. The van der Waals surface area contributed by atoms with Crippen molar-refractivity contribution in [3.63, 3.8) is 0 Å². The van der Waals surface area contributed by atoms with Crippen molar-refractivity contribution in [2.75, 3.05) is 18.8 Å².